The van der Waals surface area contributed by atoms with Crippen molar-refractivity contribution in [2.75, 3.05) is 25.1 Å². The number of rotatable bonds is 6. The highest BCUT2D eigenvalue weighted by molar-refractivity contribution is 5.89. The first-order chi connectivity index (χ1) is 11.3. The molecule has 8 heteroatoms. The van der Waals surface area contributed by atoms with E-state index in [1.54, 1.807) is 0 Å². The van der Waals surface area contributed by atoms with E-state index in [2.05, 4.69) is 26.2 Å². The first-order valence-electron chi connectivity index (χ1n) is 7.77. The molecule has 8 nitrogen and oxygen atoms in total. The fourth-order valence-corrected chi connectivity index (χ4v) is 2.58. The minimum absolute atomic E-state index is 0.207. The van der Waals surface area contributed by atoms with E-state index in [0.717, 1.165) is 38.2 Å². The highest BCUT2D eigenvalue weighted by Crippen LogP contribution is 2.17. The van der Waals surface area contributed by atoms with Crippen LogP contribution in [-0.4, -0.2) is 46.0 Å². The van der Waals surface area contributed by atoms with Crippen molar-refractivity contribution < 1.29 is 9.53 Å². The van der Waals surface area contributed by atoms with E-state index in [0.29, 0.717) is 18.2 Å². The second kappa shape index (κ2) is 7.68. The van der Waals surface area contributed by atoms with Crippen LogP contribution in [0.1, 0.15) is 19.3 Å². The predicted octanol–water partition coefficient (Wildman–Crippen LogP) is 1.60. The summed E-state index contributed by atoms with van der Waals surface area (Å²) in [6.45, 7) is 2.39. The molecule has 1 aromatic heterocycles. The van der Waals surface area contributed by atoms with Crippen LogP contribution in [0.4, 0.5) is 10.5 Å². The molecule has 0 saturated carbocycles. The molecule has 3 rings (SSSR count). The Morgan fingerprint density at radius 1 is 1.43 bits per heavy atom. The molecule has 1 aliphatic rings. The summed E-state index contributed by atoms with van der Waals surface area (Å²) >= 11 is 0. The standard InChI is InChI=1S/C15H20N6O2/c22-15(16-7-2-3-12-6-8-23-10-12)18-13-4-1-5-14(9-13)21-11-17-19-20-21/h1,4-5,9,11-12H,2-3,6-8,10H2,(H2,16,18,22). The first-order valence-corrected chi connectivity index (χ1v) is 7.77. The number of hydrogen-bond donors (Lipinski definition) is 2. The number of benzene rings is 1. The molecule has 2 heterocycles. The smallest absolute Gasteiger partial charge is 0.319 e. The molecule has 1 aromatic carbocycles. The van der Waals surface area contributed by atoms with Gasteiger partial charge in [0.25, 0.3) is 0 Å². The monoisotopic (exact) mass is 316 g/mol. The lowest BCUT2D eigenvalue weighted by atomic mass is 10.0. The van der Waals surface area contributed by atoms with E-state index >= 15 is 0 Å². The van der Waals surface area contributed by atoms with Gasteiger partial charge in [-0.05, 0) is 53.8 Å². The molecule has 0 bridgehead atoms. The SMILES string of the molecule is O=C(NCCCC1CCOC1)Nc1cccc(-n2cnnn2)c1. The number of anilines is 1. The lowest BCUT2D eigenvalue weighted by Gasteiger charge is -2.10. The summed E-state index contributed by atoms with van der Waals surface area (Å²) in [6.07, 6.45) is 4.70. The van der Waals surface area contributed by atoms with Crippen LogP contribution in [0.25, 0.3) is 5.69 Å². The molecule has 1 unspecified atom stereocenters. The Kier molecular flexibility index (Phi) is 5.15. The summed E-state index contributed by atoms with van der Waals surface area (Å²) in [5, 5.41) is 16.7. The van der Waals surface area contributed by atoms with Gasteiger partial charge in [0.1, 0.15) is 6.33 Å². The van der Waals surface area contributed by atoms with Gasteiger partial charge < -0.3 is 15.4 Å². The molecule has 1 saturated heterocycles. The molecule has 2 amide bonds. The summed E-state index contributed by atoms with van der Waals surface area (Å²) in [5.74, 6) is 0.646. The largest absolute Gasteiger partial charge is 0.381 e. The lowest BCUT2D eigenvalue weighted by Crippen LogP contribution is -2.29. The first kappa shape index (κ1) is 15.4. The highest BCUT2D eigenvalue weighted by atomic mass is 16.5. The fraction of sp³-hybridized carbons (Fsp3) is 0.467. The van der Waals surface area contributed by atoms with E-state index in [1.165, 1.54) is 11.0 Å². The zero-order valence-electron chi connectivity index (χ0n) is 12.8. The Bertz CT molecular complexity index is 625. The van der Waals surface area contributed by atoms with Crippen molar-refractivity contribution in [3.63, 3.8) is 0 Å². The molecule has 1 aliphatic heterocycles. The summed E-state index contributed by atoms with van der Waals surface area (Å²) in [5.41, 5.74) is 1.48. The Labute approximate surface area is 134 Å². The third-order valence-corrected chi connectivity index (χ3v) is 3.82. The molecule has 1 fully saturated rings. The van der Waals surface area contributed by atoms with Gasteiger partial charge in [-0.3, -0.25) is 0 Å². The van der Waals surface area contributed by atoms with Crippen LogP contribution in [0.15, 0.2) is 30.6 Å². The van der Waals surface area contributed by atoms with E-state index < -0.39 is 0 Å². The molecular weight excluding hydrogens is 296 g/mol. The second-order valence-electron chi connectivity index (χ2n) is 5.56. The number of hydrogen-bond acceptors (Lipinski definition) is 5. The van der Waals surface area contributed by atoms with Gasteiger partial charge in [-0.25, -0.2) is 9.48 Å². The summed E-state index contributed by atoms with van der Waals surface area (Å²) < 4.78 is 6.87. The number of carbonyl (C=O) groups is 1. The minimum Gasteiger partial charge on any atom is -0.381 e. The number of urea groups is 1. The minimum atomic E-state index is -0.207. The zero-order valence-corrected chi connectivity index (χ0v) is 12.8. The summed E-state index contributed by atoms with van der Waals surface area (Å²) in [4.78, 5) is 11.9. The van der Waals surface area contributed by atoms with Crippen molar-refractivity contribution in [3.8, 4) is 5.69 Å². The van der Waals surface area contributed by atoms with E-state index in [-0.39, 0.29) is 6.03 Å². The number of nitrogens with one attached hydrogen (secondary N) is 2. The Morgan fingerprint density at radius 3 is 3.17 bits per heavy atom. The molecule has 23 heavy (non-hydrogen) atoms. The third-order valence-electron chi connectivity index (χ3n) is 3.82. The van der Waals surface area contributed by atoms with Crippen molar-refractivity contribution in [3.05, 3.63) is 30.6 Å². The van der Waals surface area contributed by atoms with Gasteiger partial charge in [-0.1, -0.05) is 6.07 Å². The summed E-state index contributed by atoms with van der Waals surface area (Å²) in [7, 11) is 0. The van der Waals surface area contributed by atoms with E-state index in [9.17, 15) is 4.79 Å². The molecule has 0 aliphatic carbocycles. The second-order valence-corrected chi connectivity index (χ2v) is 5.56. The van der Waals surface area contributed by atoms with Gasteiger partial charge in [-0.2, -0.15) is 0 Å². The van der Waals surface area contributed by atoms with Gasteiger partial charge in [-0.15, -0.1) is 5.10 Å². The number of carbonyl (C=O) groups excluding carboxylic acids is 1. The van der Waals surface area contributed by atoms with Crippen molar-refractivity contribution in [2.24, 2.45) is 5.92 Å². The molecule has 0 spiro atoms. The fourth-order valence-electron chi connectivity index (χ4n) is 2.58. The average Bonchev–Trinajstić information content (AvgIpc) is 3.25. The zero-order chi connectivity index (χ0) is 15.9. The lowest BCUT2D eigenvalue weighted by molar-refractivity contribution is 0.184. The van der Waals surface area contributed by atoms with Crippen molar-refractivity contribution in [1.29, 1.82) is 0 Å². The molecule has 1 atom stereocenters. The quantitative estimate of drug-likeness (QED) is 0.790. The number of aromatic nitrogens is 4. The Balaban J connectivity index is 1.43. The Hall–Kier alpha value is -2.48. The number of nitrogens with zero attached hydrogens (tertiary/aromatic N) is 4. The Morgan fingerprint density at radius 2 is 2.39 bits per heavy atom. The van der Waals surface area contributed by atoms with Crippen molar-refractivity contribution in [2.45, 2.75) is 19.3 Å². The summed E-state index contributed by atoms with van der Waals surface area (Å²) in [6, 6.07) is 7.13. The topological polar surface area (TPSA) is 94.0 Å². The molecule has 2 N–H and O–H groups in total. The van der Waals surface area contributed by atoms with Crippen LogP contribution >= 0.6 is 0 Å². The van der Waals surface area contributed by atoms with Gasteiger partial charge in [0, 0.05) is 25.4 Å². The molecule has 122 valence electrons. The maximum absolute atomic E-state index is 11.9. The maximum atomic E-state index is 11.9. The van der Waals surface area contributed by atoms with Crippen LogP contribution in [0.3, 0.4) is 0 Å². The van der Waals surface area contributed by atoms with Crippen LogP contribution in [0, 0.1) is 5.92 Å². The molecule has 0 radical (unpaired) electrons. The predicted molar refractivity (Wildman–Crippen MR) is 84.3 cm³/mol. The van der Waals surface area contributed by atoms with Gasteiger partial charge in [0.05, 0.1) is 5.69 Å². The number of tetrazole rings is 1. The highest BCUT2D eigenvalue weighted by Gasteiger charge is 2.14. The van der Waals surface area contributed by atoms with Gasteiger partial charge in [0.15, 0.2) is 0 Å². The van der Waals surface area contributed by atoms with Crippen LogP contribution < -0.4 is 10.6 Å². The number of ether oxygens (including phenoxy) is 1. The normalized spacial score (nSPS) is 17.1. The van der Waals surface area contributed by atoms with E-state index in [4.69, 9.17) is 4.74 Å². The maximum Gasteiger partial charge on any atom is 0.319 e. The van der Waals surface area contributed by atoms with Gasteiger partial charge >= 0.3 is 6.03 Å². The molecular formula is C15H20N6O2. The van der Waals surface area contributed by atoms with E-state index in [1.807, 2.05) is 24.3 Å². The molecule has 2 aromatic rings. The van der Waals surface area contributed by atoms with Crippen molar-refractivity contribution >= 4 is 11.7 Å². The average molecular weight is 316 g/mol. The van der Waals surface area contributed by atoms with Crippen LogP contribution in [0.5, 0.6) is 0 Å². The number of amides is 2. The van der Waals surface area contributed by atoms with Crippen LogP contribution in [0.2, 0.25) is 0 Å². The van der Waals surface area contributed by atoms with Gasteiger partial charge in [0.2, 0.25) is 0 Å². The third kappa shape index (κ3) is 4.49. The van der Waals surface area contributed by atoms with Crippen molar-refractivity contribution in [1.82, 2.24) is 25.5 Å². The van der Waals surface area contributed by atoms with Crippen LogP contribution in [-0.2, 0) is 4.74 Å².